The van der Waals surface area contributed by atoms with Crippen LogP contribution < -0.4 is 5.73 Å². The first-order valence-electron chi connectivity index (χ1n) is 7.28. The van der Waals surface area contributed by atoms with Gasteiger partial charge in [0.05, 0.1) is 11.8 Å². The molecule has 0 aliphatic carbocycles. The Hall–Kier alpha value is -0.700. The topological polar surface area (TPSA) is 86.9 Å². The number of carbonyl (C=O) groups is 1. The van der Waals surface area contributed by atoms with Gasteiger partial charge in [-0.3, -0.25) is 9.69 Å². The van der Waals surface area contributed by atoms with E-state index in [2.05, 4.69) is 9.80 Å². The number of likely N-dealkylation sites (N-methyl/N-ethyl adjacent to an activating group) is 1. The first-order chi connectivity index (χ1) is 9.69. The van der Waals surface area contributed by atoms with Crippen molar-refractivity contribution in [3.63, 3.8) is 0 Å². The first-order valence-corrected chi connectivity index (χ1v) is 9.34. The van der Waals surface area contributed by atoms with Crippen LogP contribution in [-0.2, 0) is 14.6 Å². The molecule has 0 aromatic rings. The SMILES string of the molecule is CN(C)CCN1CCN(C(=O)C(N)CCS(C)(=O)=O)CC1. The van der Waals surface area contributed by atoms with Crippen molar-refractivity contribution in [3.05, 3.63) is 0 Å². The lowest BCUT2D eigenvalue weighted by atomic mass is 10.2. The fourth-order valence-corrected chi connectivity index (χ4v) is 2.91. The molecule has 0 aromatic carbocycles. The van der Waals surface area contributed by atoms with E-state index in [-0.39, 0.29) is 18.1 Å². The summed E-state index contributed by atoms with van der Waals surface area (Å²) >= 11 is 0. The van der Waals surface area contributed by atoms with Gasteiger partial charge in [0.15, 0.2) is 0 Å². The highest BCUT2D eigenvalue weighted by Crippen LogP contribution is 2.05. The fraction of sp³-hybridized carbons (Fsp3) is 0.923. The van der Waals surface area contributed by atoms with Gasteiger partial charge in [-0.25, -0.2) is 8.42 Å². The molecule has 1 atom stereocenters. The molecule has 0 bridgehead atoms. The molecule has 1 aliphatic heterocycles. The van der Waals surface area contributed by atoms with Crippen LogP contribution in [0.25, 0.3) is 0 Å². The second-order valence-corrected chi connectivity index (χ2v) is 8.25. The molecule has 1 heterocycles. The third kappa shape index (κ3) is 7.21. The molecule has 1 saturated heterocycles. The zero-order valence-corrected chi connectivity index (χ0v) is 14.1. The second-order valence-electron chi connectivity index (χ2n) is 6.00. The smallest absolute Gasteiger partial charge is 0.239 e. The minimum Gasteiger partial charge on any atom is -0.339 e. The van der Waals surface area contributed by atoms with Crippen LogP contribution in [0.5, 0.6) is 0 Å². The van der Waals surface area contributed by atoms with E-state index >= 15 is 0 Å². The van der Waals surface area contributed by atoms with Crippen LogP contribution in [0.4, 0.5) is 0 Å². The Bertz CT molecular complexity index is 431. The Kier molecular flexibility index (Phi) is 7.05. The molecule has 8 heteroatoms. The van der Waals surface area contributed by atoms with Gasteiger partial charge in [0.25, 0.3) is 0 Å². The van der Waals surface area contributed by atoms with Gasteiger partial charge in [0.1, 0.15) is 9.84 Å². The highest BCUT2D eigenvalue weighted by molar-refractivity contribution is 7.90. The van der Waals surface area contributed by atoms with Crippen molar-refractivity contribution in [1.82, 2.24) is 14.7 Å². The van der Waals surface area contributed by atoms with Gasteiger partial charge >= 0.3 is 0 Å². The lowest BCUT2D eigenvalue weighted by molar-refractivity contribution is -0.134. The Morgan fingerprint density at radius 1 is 1.24 bits per heavy atom. The average molecular weight is 320 g/mol. The maximum absolute atomic E-state index is 12.2. The second kappa shape index (κ2) is 8.07. The summed E-state index contributed by atoms with van der Waals surface area (Å²) in [4.78, 5) is 18.4. The van der Waals surface area contributed by atoms with Crippen molar-refractivity contribution in [3.8, 4) is 0 Å². The standard InChI is InChI=1S/C13H28N4O3S/c1-15(2)5-6-16-7-9-17(10-8-16)13(18)12(14)4-11-21(3,19)20/h12H,4-11,14H2,1-3H3. The zero-order valence-electron chi connectivity index (χ0n) is 13.3. The molecular formula is C13H28N4O3S. The molecule has 1 unspecified atom stereocenters. The van der Waals surface area contributed by atoms with Gasteiger partial charge in [0, 0.05) is 45.5 Å². The van der Waals surface area contributed by atoms with E-state index in [9.17, 15) is 13.2 Å². The molecule has 2 N–H and O–H groups in total. The van der Waals surface area contributed by atoms with Crippen molar-refractivity contribution < 1.29 is 13.2 Å². The molecule has 1 fully saturated rings. The number of amides is 1. The average Bonchev–Trinajstić information content (AvgIpc) is 2.41. The maximum atomic E-state index is 12.2. The molecule has 0 aromatic heterocycles. The molecule has 7 nitrogen and oxygen atoms in total. The minimum absolute atomic E-state index is 0.0390. The number of rotatable bonds is 7. The lowest BCUT2D eigenvalue weighted by Gasteiger charge is -2.36. The maximum Gasteiger partial charge on any atom is 0.239 e. The van der Waals surface area contributed by atoms with E-state index < -0.39 is 15.9 Å². The molecule has 0 radical (unpaired) electrons. The van der Waals surface area contributed by atoms with Crippen molar-refractivity contribution in [2.24, 2.45) is 5.73 Å². The normalized spacial score (nSPS) is 19.0. The summed E-state index contributed by atoms with van der Waals surface area (Å²) in [6.07, 6.45) is 1.35. The molecule has 124 valence electrons. The van der Waals surface area contributed by atoms with Gasteiger partial charge in [-0.2, -0.15) is 0 Å². The summed E-state index contributed by atoms with van der Waals surface area (Å²) in [5.74, 6) is -0.172. The molecule has 1 rings (SSSR count). The number of piperazine rings is 1. The summed E-state index contributed by atoms with van der Waals surface area (Å²) in [5, 5.41) is 0. The van der Waals surface area contributed by atoms with Crippen LogP contribution in [0.1, 0.15) is 6.42 Å². The molecular weight excluding hydrogens is 292 g/mol. The molecule has 21 heavy (non-hydrogen) atoms. The van der Waals surface area contributed by atoms with Crippen LogP contribution in [0.2, 0.25) is 0 Å². The summed E-state index contributed by atoms with van der Waals surface area (Å²) in [5.41, 5.74) is 5.81. The molecule has 1 aliphatic rings. The van der Waals surface area contributed by atoms with Gasteiger partial charge in [-0.15, -0.1) is 0 Å². The Morgan fingerprint density at radius 2 is 1.81 bits per heavy atom. The highest BCUT2D eigenvalue weighted by Gasteiger charge is 2.25. The third-order valence-electron chi connectivity index (χ3n) is 3.66. The van der Waals surface area contributed by atoms with E-state index in [0.29, 0.717) is 13.1 Å². The van der Waals surface area contributed by atoms with Gasteiger partial charge < -0.3 is 15.5 Å². The Morgan fingerprint density at radius 3 is 2.29 bits per heavy atom. The number of nitrogens with zero attached hydrogens (tertiary/aromatic N) is 3. The largest absolute Gasteiger partial charge is 0.339 e. The van der Waals surface area contributed by atoms with Crippen molar-refractivity contribution in [2.45, 2.75) is 12.5 Å². The number of hydrogen-bond donors (Lipinski definition) is 1. The van der Waals surface area contributed by atoms with Gasteiger partial charge in [0.2, 0.25) is 5.91 Å². The predicted octanol–water partition coefficient (Wildman–Crippen LogP) is -1.55. The van der Waals surface area contributed by atoms with Crippen molar-refractivity contribution in [2.75, 3.05) is 65.4 Å². The van der Waals surface area contributed by atoms with Crippen LogP contribution in [0, 0.1) is 0 Å². The quantitative estimate of drug-likeness (QED) is 0.611. The fourth-order valence-electron chi connectivity index (χ4n) is 2.23. The van der Waals surface area contributed by atoms with E-state index in [0.717, 1.165) is 32.4 Å². The van der Waals surface area contributed by atoms with Crippen molar-refractivity contribution >= 4 is 15.7 Å². The number of carbonyl (C=O) groups excluding carboxylic acids is 1. The first kappa shape index (κ1) is 18.3. The molecule has 0 spiro atoms. The summed E-state index contributed by atoms with van der Waals surface area (Å²) in [6.45, 7) is 5.02. The zero-order chi connectivity index (χ0) is 16.0. The van der Waals surface area contributed by atoms with Crippen LogP contribution >= 0.6 is 0 Å². The van der Waals surface area contributed by atoms with Crippen LogP contribution in [-0.4, -0.2) is 100 Å². The Labute approximate surface area is 128 Å². The number of sulfone groups is 1. The number of nitrogens with two attached hydrogens (primary N) is 1. The summed E-state index contributed by atoms with van der Waals surface area (Å²) in [7, 11) is 1.01. The van der Waals surface area contributed by atoms with Gasteiger partial charge in [-0.1, -0.05) is 0 Å². The molecule has 1 amide bonds. The van der Waals surface area contributed by atoms with Gasteiger partial charge in [-0.05, 0) is 20.5 Å². The molecule has 0 saturated carbocycles. The third-order valence-corrected chi connectivity index (χ3v) is 4.64. The highest BCUT2D eigenvalue weighted by atomic mass is 32.2. The number of hydrogen-bond acceptors (Lipinski definition) is 6. The van der Waals surface area contributed by atoms with Crippen LogP contribution in [0.3, 0.4) is 0 Å². The minimum atomic E-state index is -3.07. The van der Waals surface area contributed by atoms with E-state index in [4.69, 9.17) is 5.73 Å². The van der Waals surface area contributed by atoms with Crippen molar-refractivity contribution in [1.29, 1.82) is 0 Å². The predicted molar refractivity (Wildman–Crippen MR) is 83.9 cm³/mol. The van der Waals surface area contributed by atoms with E-state index in [1.165, 1.54) is 0 Å². The summed E-state index contributed by atoms with van der Waals surface area (Å²) in [6, 6.07) is -0.715. The monoisotopic (exact) mass is 320 g/mol. The van der Waals surface area contributed by atoms with E-state index in [1.807, 2.05) is 14.1 Å². The lowest BCUT2D eigenvalue weighted by Crippen LogP contribution is -2.54. The Balaban J connectivity index is 2.34. The summed E-state index contributed by atoms with van der Waals surface area (Å²) < 4.78 is 22.2. The van der Waals surface area contributed by atoms with E-state index in [1.54, 1.807) is 4.90 Å². The van der Waals surface area contributed by atoms with Crippen LogP contribution in [0.15, 0.2) is 0 Å².